The van der Waals surface area contributed by atoms with Crippen LogP contribution in [0.25, 0.3) is 0 Å². The first kappa shape index (κ1) is 25.7. The van der Waals surface area contributed by atoms with Gasteiger partial charge in [0.2, 0.25) is 0 Å². The maximum absolute atomic E-state index is 14.0. The second-order valence-electron chi connectivity index (χ2n) is 8.96. The van der Waals surface area contributed by atoms with Gasteiger partial charge in [-0.1, -0.05) is 6.07 Å². The van der Waals surface area contributed by atoms with Crippen LogP contribution in [0.3, 0.4) is 0 Å². The van der Waals surface area contributed by atoms with E-state index in [-0.39, 0.29) is 18.3 Å². The van der Waals surface area contributed by atoms with Gasteiger partial charge in [-0.15, -0.1) is 0 Å². The maximum atomic E-state index is 14.0. The number of anilines is 2. The summed E-state index contributed by atoms with van der Waals surface area (Å²) in [6, 6.07) is 5.98. The van der Waals surface area contributed by atoms with Crippen molar-refractivity contribution in [3.05, 3.63) is 46.8 Å². The van der Waals surface area contributed by atoms with Crippen LogP contribution in [-0.4, -0.2) is 79.2 Å². The van der Waals surface area contributed by atoms with E-state index in [9.17, 15) is 14.0 Å². The van der Waals surface area contributed by atoms with E-state index in [1.807, 2.05) is 32.8 Å². The van der Waals surface area contributed by atoms with E-state index in [4.69, 9.17) is 9.72 Å². The SMILES string of the molecule is CC(C)Nc1nc(COCCN(C)C)c(C#N)nc1N1CCN(Cc2ccc(F)cc2F)CC1. The molecule has 0 aliphatic carbocycles. The molecule has 1 N–H and O–H groups in total. The summed E-state index contributed by atoms with van der Waals surface area (Å²) >= 11 is 0. The second kappa shape index (κ2) is 12.0. The summed E-state index contributed by atoms with van der Waals surface area (Å²) in [4.78, 5) is 15.6. The number of nitrogens with zero attached hydrogens (tertiary/aromatic N) is 6. The molecule has 0 amide bonds. The summed E-state index contributed by atoms with van der Waals surface area (Å²) < 4.78 is 32.9. The van der Waals surface area contributed by atoms with Crippen molar-refractivity contribution in [2.24, 2.45) is 0 Å². The highest BCUT2D eigenvalue weighted by atomic mass is 19.1. The molecule has 0 bridgehead atoms. The van der Waals surface area contributed by atoms with E-state index in [1.165, 1.54) is 12.1 Å². The number of halogens is 2. The number of nitrogens with one attached hydrogen (secondary N) is 1. The van der Waals surface area contributed by atoms with Crippen LogP contribution in [0.2, 0.25) is 0 Å². The van der Waals surface area contributed by atoms with Crippen molar-refractivity contribution in [2.75, 3.05) is 63.6 Å². The lowest BCUT2D eigenvalue weighted by molar-refractivity contribution is 0.103. The maximum Gasteiger partial charge on any atom is 0.173 e. The highest BCUT2D eigenvalue weighted by Crippen LogP contribution is 2.26. The number of likely N-dealkylation sites (N-methyl/N-ethyl adjacent to an activating group) is 1. The lowest BCUT2D eigenvalue weighted by Gasteiger charge is -2.36. The highest BCUT2D eigenvalue weighted by Gasteiger charge is 2.24. The van der Waals surface area contributed by atoms with Crippen LogP contribution in [-0.2, 0) is 17.9 Å². The molecule has 8 nitrogen and oxygen atoms in total. The van der Waals surface area contributed by atoms with Crippen LogP contribution in [0.1, 0.15) is 30.8 Å². The molecule has 0 radical (unpaired) electrons. The Morgan fingerprint density at radius 2 is 1.91 bits per heavy atom. The predicted octanol–water partition coefficient (Wildman–Crippen LogP) is 2.85. The quantitative estimate of drug-likeness (QED) is 0.528. The number of benzene rings is 1. The van der Waals surface area contributed by atoms with Gasteiger partial charge in [-0.05, 0) is 34.0 Å². The monoisotopic (exact) mass is 473 g/mol. The van der Waals surface area contributed by atoms with Gasteiger partial charge in [-0.2, -0.15) is 5.26 Å². The Morgan fingerprint density at radius 3 is 2.53 bits per heavy atom. The predicted molar refractivity (Wildman–Crippen MR) is 128 cm³/mol. The molecule has 0 spiro atoms. The minimum Gasteiger partial charge on any atom is -0.374 e. The first-order valence-electron chi connectivity index (χ1n) is 11.5. The van der Waals surface area contributed by atoms with Crippen molar-refractivity contribution in [3.63, 3.8) is 0 Å². The smallest absolute Gasteiger partial charge is 0.173 e. The van der Waals surface area contributed by atoms with Gasteiger partial charge in [0.25, 0.3) is 0 Å². The summed E-state index contributed by atoms with van der Waals surface area (Å²) in [6.07, 6.45) is 0. The van der Waals surface area contributed by atoms with Gasteiger partial charge in [-0.25, -0.2) is 18.7 Å². The Hall–Kier alpha value is -2.87. The third-order valence-electron chi connectivity index (χ3n) is 5.48. The minimum absolute atomic E-state index is 0.131. The Labute approximate surface area is 200 Å². The molecule has 1 aliphatic rings. The molecular formula is C24H33F2N7O. The fraction of sp³-hybridized carbons (Fsp3) is 0.542. The normalized spacial score (nSPS) is 14.6. The van der Waals surface area contributed by atoms with Crippen LogP contribution < -0.4 is 10.2 Å². The van der Waals surface area contributed by atoms with Gasteiger partial charge in [0.15, 0.2) is 17.3 Å². The van der Waals surface area contributed by atoms with Crippen LogP contribution in [0.5, 0.6) is 0 Å². The molecule has 3 rings (SSSR count). The fourth-order valence-electron chi connectivity index (χ4n) is 3.67. The van der Waals surface area contributed by atoms with Gasteiger partial charge >= 0.3 is 0 Å². The van der Waals surface area contributed by atoms with Gasteiger partial charge in [0.1, 0.15) is 23.4 Å². The van der Waals surface area contributed by atoms with Crippen molar-refractivity contribution in [1.82, 2.24) is 19.8 Å². The summed E-state index contributed by atoms with van der Waals surface area (Å²) in [6.45, 7) is 8.62. The molecule has 184 valence electrons. The van der Waals surface area contributed by atoms with Crippen molar-refractivity contribution < 1.29 is 13.5 Å². The number of hydrogen-bond acceptors (Lipinski definition) is 8. The zero-order valence-electron chi connectivity index (χ0n) is 20.3. The van der Waals surface area contributed by atoms with Crippen LogP contribution >= 0.6 is 0 Å². The van der Waals surface area contributed by atoms with Crippen molar-refractivity contribution in [3.8, 4) is 6.07 Å². The first-order valence-corrected chi connectivity index (χ1v) is 11.5. The van der Waals surface area contributed by atoms with E-state index in [0.29, 0.717) is 62.2 Å². The van der Waals surface area contributed by atoms with Gasteiger partial charge in [-0.3, -0.25) is 4.90 Å². The molecule has 1 aliphatic heterocycles. The van der Waals surface area contributed by atoms with Gasteiger partial charge in [0, 0.05) is 56.9 Å². The fourth-order valence-corrected chi connectivity index (χ4v) is 3.67. The topological polar surface area (TPSA) is 80.5 Å². The van der Waals surface area contributed by atoms with Gasteiger partial charge < -0.3 is 19.9 Å². The molecule has 2 aromatic rings. The lowest BCUT2D eigenvalue weighted by atomic mass is 10.1. The molecule has 0 unspecified atom stereocenters. The Kier molecular flexibility index (Phi) is 9.10. The molecule has 2 heterocycles. The van der Waals surface area contributed by atoms with Crippen LogP contribution in [0, 0.1) is 23.0 Å². The zero-order chi connectivity index (χ0) is 24.7. The number of ether oxygens (including phenoxy) is 1. The molecule has 0 atom stereocenters. The minimum atomic E-state index is -0.574. The molecule has 1 saturated heterocycles. The van der Waals surface area contributed by atoms with Crippen molar-refractivity contribution in [2.45, 2.75) is 33.0 Å². The highest BCUT2D eigenvalue weighted by molar-refractivity contribution is 5.63. The number of aromatic nitrogens is 2. The number of rotatable bonds is 10. The molecule has 1 fully saturated rings. The van der Waals surface area contributed by atoms with Crippen molar-refractivity contribution >= 4 is 11.6 Å². The number of piperazine rings is 1. The van der Waals surface area contributed by atoms with Crippen molar-refractivity contribution in [1.29, 1.82) is 5.26 Å². The number of nitriles is 1. The standard InChI is InChI=1S/C24H33F2N7O/c1-17(2)28-23-24(30-21(14-27)22(29-23)16-34-12-11-31(3)4)33-9-7-32(8-10-33)15-18-5-6-19(25)13-20(18)26/h5-6,13,17H,7-12,15-16H2,1-4H3,(H,28,29). The molecule has 1 aromatic carbocycles. The summed E-state index contributed by atoms with van der Waals surface area (Å²) in [7, 11) is 3.94. The Bertz CT molecular complexity index is 1000. The van der Waals surface area contributed by atoms with Crippen LogP contribution in [0.15, 0.2) is 18.2 Å². The van der Waals surface area contributed by atoms with E-state index in [2.05, 4.69) is 26.2 Å². The average molecular weight is 474 g/mol. The first-order chi connectivity index (χ1) is 16.3. The van der Waals surface area contributed by atoms with Crippen LogP contribution in [0.4, 0.5) is 20.4 Å². The molecule has 34 heavy (non-hydrogen) atoms. The second-order valence-corrected chi connectivity index (χ2v) is 8.96. The third-order valence-corrected chi connectivity index (χ3v) is 5.48. The van der Waals surface area contributed by atoms with E-state index >= 15 is 0 Å². The van der Waals surface area contributed by atoms with E-state index < -0.39 is 11.6 Å². The zero-order valence-corrected chi connectivity index (χ0v) is 20.3. The molecule has 1 aromatic heterocycles. The third kappa shape index (κ3) is 7.06. The molecule has 0 saturated carbocycles. The Balaban J connectivity index is 1.71. The summed E-state index contributed by atoms with van der Waals surface area (Å²) in [5, 5.41) is 13.0. The average Bonchev–Trinajstić information content (AvgIpc) is 2.79. The Morgan fingerprint density at radius 1 is 1.18 bits per heavy atom. The molecule has 10 heteroatoms. The van der Waals surface area contributed by atoms with Gasteiger partial charge in [0.05, 0.1) is 13.2 Å². The summed E-state index contributed by atoms with van der Waals surface area (Å²) in [5.74, 6) is 0.154. The number of hydrogen-bond donors (Lipinski definition) is 1. The lowest BCUT2D eigenvalue weighted by Crippen LogP contribution is -2.46. The summed E-state index contributed by atoms with van der Waals surface area (Å²) in [5.41, 5.74) is 1.24. The molecular weight excluding hydrogens is 440 g/mol. The largest absolute Gasteiger partial charge is 0.374 e. The van der Waals surface area contributed by atoms with E-state index in [0.717, 1.165) is 12.6 Å². The van der Waals surface area contributed by atoms with E-state index in [1.54, 1.807) is 0 Å².